The Morgan fingerprint density at radius 2 is 1.90 bits per heavy atom. The fourth-order valence-corrected chi connectivity index (χ4v) is 4.48. The van der Waals surface area contributed by atoms with Crippen molar-refractivity contribution in [3.05, 3.63) is 72.6 Å². The molecule has 0 amide bonds. The number of anilines is 2. The topological polar surface area (TPSA) is 110 Å². The molecule has 2 heterocycles. The lowest BCUT2D eigenvalue weighted by Gasteiger charge is -2.22. The van der Waals surface area contributed by atoms with Gasteiger partial charge in [0.05, 0.1) is 29.1 Å². The fraction of sp³-hybridized carbons (Fsp3) is 0.167. The molecule has 0 aliphatic rings. The summed E-state index contributed by atoms with van der Waals surface area (Å²) < 4.78 is 72.5. The molecule has 0 atom stereocenters. The summed E-state index contributed by atoms with van der Waals surface area (Å²) in [7, 11) is -7.93. The van der Waals surface area contributed by atoms with Crippen LogP contribution in [0.2, 0.25) is 0 Å². The lowest BCUT2D eigenvalue weighted by atomic mass is 10.3. The van der Waals surface area contributed by atoms with Crippen molar-refractivity contribution in [2.24, 2.45) is 0 Å². The van der Waals surface area contributed by atoms with E-state index in [-0.39, 0.29) is 28.7 Å². The number of hydrogen-bond donors (Lipinski definition) is 1. The first kappa shape index (κ1) is 20.8. The summed E-state index contributed by atoms with van der Waals surface area (Å²) in [6, 6.07) is 10.9. The van der Waals surface area contributed by atoms with Gasteiger partial charge in [-0.3, -0.25) is 4.72 Å². The summed E-state index contributed by atoms with van der Waals surface area (Å²) in [6.07, 6.45) is 2.84. The first-order chi connectivity index (χ1) is 13.7. The highest BCUT2D eigenvalue weighted by Gasteiger charge is 2.28. The number of benzene rings is 1. The second kappa shape index (κ2) is 8.21. The molecule has 0 radical (unpaired) electrons. The van der Waals surface area contributed by atoms with E-state index < -0.39 is 25.9 Å². The van der Waals surface area contributed by atoms with Crippen LogP contribution in [-0.4, -0.2) is 27.6 Å². The lowest BCUT2D eigenvalue weighted by Crippen LogP contribution is -2.31. The van der Waals surface area contributed by atoms with Gasteiger partial charge >= 0.3 is 0 Å². The van der Waals surface area contributed by atoms with Gasteiger partial charge < -0.3 is 4.42 Å². The number of sulfonamides is 2. The van der Waals surface area contributed by atoms with E-state index >= 15 is 0 Å². The number of rotatable bonds is 8. The van der Waals surface area contributed by atoms with Crippen molar-refractivity contribution in [2.45, 2.75) is 18.4 Å². The molecule has 0 saturated heterocycles. The molecule has 1 aromatic carbocycles. The standard InChI is InChI=1S/C18H18FN3O5S2/c1-2-28(23,24)21-17-9-8-15(12-16(17)19)29(25,26)22(13-14-6-5-11-27-14)18-7-3-4-10-20-18/h3-12,21H,2,13H2,1H3. The SMILES string of the molecule is CCS(=O)(=O)Nc1ccc(S(=O)(=O)N(Cc2ccco2)c2ccccn2)cc1F. The summed E-state index contributed by atoms with van der Waals surface area (Å²) in [5, 5.41) is 0. The maximum atomic E-state index is 14.4. The van der Waals surface area contributed by atoms with Crippen LogP contribution in [0.15, 0.2) is 70.3 Å². The molecule has 0 spiro atoms. The first-order valence-corrected chi connectivity index (χ1v) is 11.6. The molecular formula is C18H18FN3O5S2. The Morgan fingerprint density at radius 3 is 2.48 bits per heavy atom. The minimum atomic E-state index is -4.23. The van der Waals surface area contributed by atoms with E-state index in [0.29, 0.717) is 5.76 Å². The maximum Gasteiger partial charge on any atom is 0.266 e. The monoisotopic (exact) mass is 439 g/mol. The largest absolute Gasteiger partial charge is 0.467 e. The maximum absolute atomic E-state index is 14.4. The Morgan fingerprint density at radius 1 is 1.10 bits per heavy atom. The predicted octanol–water partition coefficient (Wildman–Crippen LogP) is 2.97. The minimum absolute atomic E-state index is 0.125. The van der Waals surface area contributed by atoms with Gasteiger partial charge in [-0.05, 0) is 49.4 Å². The fourth-order valence-electron chi connectivity index (χ4n) is 2.44. The van der Waals surface area contributed by atoms with Gasteiger partial charge in [0.15, 0.2) is 0 Å². The highest BCUT2D eigenvalue weighted by Crippen LogP contribution is 2.27. The van der Waals surface area contributed by atoms with E-state index in [1.807, 2.05) is 0 Å². The highest BCUT2D eigenvalue weighted by molar-refractivity contribution is 7.93. The van der Waals surface area contributed by atoms with E-state index in [9.17, 15) is 21.2 Å². The molecule has 8 nitrogen and oxygen atoms in total. The van der Waals surface area contributed by atoms with Crippen LogP contribution in [0.3, 0.4) is 0 Å². The lowest BCUT2D eigenvalue weighted by molar-refractivity contribution is 0.508. The van der Waals surface area contributed by atoms with Crippen LogP contribution < -0.4 is 9.03 Å². The molecule has 0 fully saturated rings. The third-order valence-electron chi connectivity index (χ3n) is 3.96. The molecule has 3 aromatic rings. The Labute approximate surface area is 168 Å². The molecule has 2 aromatic heterocycles. The summed E-state index contributed by atoms with van der Waals surface area (Å²) in [4.78, 5) is 3.72. The molecule has 0 saturated carbocycles. The Kier molecular flexibility index (Phi) is 5.89. The van der Waals surface area contributed by atoms with Gasteiger partial charge in [-0.1, -0.05) is 6.07 Å². The molecule has 0 aliphatic heterocycles. The average molecular weight is 439 g/mol. The van der Waals surface area contributed by atoms with E-state index in [4.69, 9.17) is 4.42 Å². The second-order valence-corrected chi connectivity index (χ2v) is 9.80. The van der Waals surface area contributed by atoms with Gasteiger partial charge in [0.1, 0.15) is 17.4 Å². The van der Waals surface area contributed by atoms with Crippen LogP contribution in [0.5, 0.6) is 0 Å². The number of halogens is 1. The third-order valence-corrected chi connectivity index (χ3v) is 7.00. The molecular weight excluding hydrogens is 421 g/mol. The van der Waals surface area contributed by atoms with Gasteiger partial charge in [0.2, 0.25) is 10.0 Å². The van der Waals surface area contributed by atoms with Crippen LogP contribution in [0.1, 0.15) is 12.7 Å². The zero-order chi connectivity index (χ0) is 21.1. The zero-order valence-corrected chi connectivity index (χ0v) is 17.0. The van der Waals surface area contributed by atoms with E-state index in [0.717, 1.165) is 22.5 Å². The first-order valence-electron chi connectivity index (χ1n) is 8.49. The van der Waals surface area contributed by atoms with Gasteiger partial charge in [0, 0.05) is 6.20 Å². The Bertz CT molecular complexity index is 1180. The molecule has 154 valence electrons. The number of nitrogens with one attached hydrogen (secondary N) is 1. The van der Waals surface area contributed by atoms with E-state index in [1.165, 1.54) is 25.5 Å². The number of pyridine rings is 1. The van der Waals surface area contributed by atoms with Crippen molar-refractivity contribution < 1.29 is 25.6 Å². The summed E-state index contributed by atoms with van der Waals surface area (Å²) in [5.74, 6) is -0.766. The van der Waals surface area contributed by atoms with Crippen molar-refractivity contribution in [1.82, 2.24) is 4.98 Å². The second-order valence-electron chi connectivity index (χ2n) is 5.93. The zero-order valence-electron chi connectivity index (χ0n) is 15.3. The molecule has 3 rings (SSSR count). The predicted molar refractivity (Wildman–Crippen MR) is 106 cm³/mol. The minimum Gasteiger partial charge on any atom is -0.467 e. The van der Waals surface area contributed by atoms with E-state index in [2.05, 4.69) is 9.71 Å². The molecule has 0 unspecified atom stereocenters. The molecule has 29 heavy (non-hydrogen) atoms. The Hall–Kier alpha value is -2.92. The summed E-state index contributed by atoms with van der Waals surface area (Å²) >= 11 is 0. The molecule has 0 bridgehead atoms. The summed E-state index contributed by atoms with van der Waals surface area (Å²) in [5.41, 5.74) is -0.332. The smallest absolute Gasteiger partial charge is 0.266 e. The van der Waals surface area contributed by atoms with E-state index in [1.54, 1.807) is 24.3 Å². The highest BCUT2D eigenvalue weighted by atomic mass is 32.2. The van der Waals surface area contributed by atoms with Crippen LogP contribution in [0.25, 0.3) is 0 Å². The average Bonchev–Trinajstić information content (AvgIpc) is 3.21. The van der Waals surface area contributed by atoms with Crippen LogP contribution in [0, 0.1) is 5.82 Å². The van der Waals surface area contributed by atoms with Crippen molar-refractivity contribution >= 4 is 31.6 Å². The van der Waals surface area contributed by atoms with Crippen molar-refractivity contribution in [3.63, 3.8) is 0 Å². The normalized spacial score (nSPS) is 11.9. The molecule has 1 N–H and O–H groups in total. The van der Waals surface area contributed by atoms with Gasteiger partial charge in [0.25, 0.3) is 10.0 Å². The van der Waals surface area contributed by atoms with Gasteiger partial charge in [-0.2, -0.15) is 0 Å². The number of aromatic nitrogens is 1. The van der Waals surface area contributed by atoms with Crippen LogP contribution in [0.4, 0.5) is 15.9 Å². The third kappa shape index (κ3) is 4.74. The van der Waals surface area contributed by atoms with Crippen molar-refractivity contribution in [3.8, 4) is 0 Å². The number of furan rings is 1. The van der Waals surface area contributed by atoms with Crippen LogP contribution in [-0.2, 0) is 26.6 Å². The van der Waals surface area contributed by atoms with Gasteiger partial charge in [-0.25, -0.2) is 30.5 Å². The molecule has 11 heteroatoms. The van der Waals surface area contributed by atoms with Crippen LogP contribution >= 0.6 is 0 Å². The number of nitrogens with zero attached hydrogens (tertiary/aromatic N) is 2. The summed E-state index contributed by atoms with van der Waals surface area (Å²) in [6.45, 7) is 1.25. The number of hydrogen-bond acceptors (Lipinski definition) is 6. The van der Waals surface area contributed by atoms with Gasteiger partial charge in [-0.15, -0.1) is 0 Å². The molecule has 0 aliphatic carbocycles. The Balaban J connectivity index is 2.01. The quantitative estimate of drug-likeness (QED) is 0.578. The van der Waals surface area contributed by atoms with Crippen molar-refractivity contribution in [1.29, 1.82) is 0 Å². The van der Waals surface area contributed by atoms with Crippen molar-refractivity contribution in [2.75, 3.05) is 14.8 Å².